The molecular formula is C12H13ClO4. The van der Waals surface area contributed by atoms with E-state index in [-0.39, 0.29) is 5.57 Å². The lowest BCUT2D eigenvalue weighted by molar-refractivity contribution is -0.132. The molecule has 5 heteroatoms. The second kappa shape index (κ2) is 5.59. The van der Waals surface area contributed by atoms with Gasteiger partial charge in [-0.3, -0.25) is 0 Å². The molecule has 1 aromatic carbocycles. The van der Waals surface area contributed by atoms with Gasteiger partial charge in [0, 0.05) is 22.2 Å². The van der Waals surface area contributed by atoms with Crippen molar-refractivity contribution in [2.45, 2.75) is 6.92 Å². The minimum absolute atomic E-state index is 0.188. The van der Waals surface area contributed by atoms with Crippen LogP contribution in [-0.4, -0.2) is 25.3 Å². The van der Waals surface area contributed by atoms with Gasteiger partial charge in [0.2, 0.25) is 0 Å². The first-order valence-corrected chi connectivity index (χ1v) is 5.20. The minimum Gasteiger partial charge on any atom is -0.493 e. The van der Waals surface area contributed by atoms with Gasteiger partial charge in [-0.15, -0.1) is 0 Å². The Kier molecular flexibility index (Phi) is 4.40. The van der Waals surface area contributed by atoms with Gasteiger partial charge in [0.05, 0.1) is 14.2 Å². The first kappa shape index (κ1) is 13.4. The van der Waals surface area contributed by atoms with Gasteiger partial charge < -0.3 is 14.6 Å². The van der Waals surface area contributed by atoms with Gasteiger partial charge in [-0.05, 0) is 19.1 Å². The summed E-state index contributed by atoms with van der Waals surface area (Å²) in [6.45, 7) is 1.50. The normalized spacial score (nSPS) is 11.2. The standard InChI is InChI=1S/C12H13ClO4/c1-7(12(14)15)4-8-5-9(13)6-10(16-2)11(8)17-3/h4-6H,1-3H3,(H,14,15)/b7-4+. The summed E-state index contributed by atoms with van der Waals surface area (Å²) in [7, 11) is 2.98. The zero-order valence-corrected chi connectivity index (χ0v) is 10.5. The lowest BCUT2D eigenvalue weighted by Crippen LogP contribution is -1.97. The molecule has 0 atom stereocenters. The predicted molar refractivity (Wildman–Crippen MR) is 65.8 cm³/mol. The Morgan fingerprint density at radius 1 is 1.35 bits per heavy atom. The van der Waals surface area contributed by atoms with Crippen LogP contribution in [0.1, 0.15) is 12.5 Å². The van der Waals surface area contributed by atoms with Crippen molar-refractivity contribution < 1.29 is 19.4 Å². The maximum Gasteiger partial charge on any atom is 0.331 e. The molecule has 1 rings (SSSR count). The smallest absolute Gasteiger partial charge is 0.331 e. The highest BCUT2D eigenvalue weighted by atomic mass is 35.5. The quantitative estimate of drug-likeness (QED) is 0.842. The molecule has 0 aliphatic carbocycles. The highest BCUT2D eigenvalue weighted by Crippen LogP contribution is 2.35. The van der Waals surface area contributed by atoms with E-state index in [0.29, 0.717) is 22.1 Å². The van der Waals surface area contributed by atoms with Gasteiger partial charge in [-0.1, -0.05) is 11.6 Å². The second-order valence-corrected chi connectivity index (χ2v) is 3.80. The van der Waals surface area contributed by atoms with Crippen LogP contribution in [0.2, 0.25) is 5.02 Å². The van der Waals surface area contributed by atoms with E-state index < -0.39 is 5.97 Å². The number of carboxylic acids is 1. The largest absolute Gasteiger partial charge is 0.493 e. The number of ether oxygens (including phenoxy) is 2. The first-order valence-electron chi connectivity index (χ1n) is 4.82. The molecule has 0 saturated carbocycles. The molecular weight excluding hydrogens is 244 g/mol. The summed E-state index contributed by atoms with van der Waals surface area (Å²) in [4.78, 5) is 10.8. The summed E-state index contributed by atoms with van der Waals surface area (Å²) in [5, 5.41) is 9.28. The number of halogens is 1. The van der Waals surface area contributed by atoms with Crippen LogP contribution in [0.3, 0.4) is 0 Å². The molecule has 1 aromatic rings. The van der Waals surface area contributed by atoms with Crippen molar-refractivity contribution in [3.8, 4) is 11.5 Å². The third-order valence-electron chi connectivity index (χ3n) is 2.18. The highest BCUT2D eigenvalue weighted by molar-refractivity contribution is 6.31. The Bertz CT molecular complexity index is 466. The Balaban J connectivity index is 3.36. The SMILES string of the molecule is COc1cc(Cl)cc(/C=C(\C)C(=O)O)c1OC. The molecule has 0 heterocycles. The fourth-order valence-corrected chi connectivity index (χ4v) is 1.58. The second-order valence-electron chi connectivity index (χ2n) is 3.36. The van der Waals surface area contributed by atoms with Gasteiger partial charge in [-0.25, -0.2) is 4.79 Å². The number of methoxy groups -OCH3 is 2. The number of rotatable bonds is 4. The molecule has 0 radical (unpaired) electrons. The number of aliphatic carboxylic acids is 1. The van der Waals surface area contributed by atoms with E-state index in [1.165, 1.54) is 27.2 Å². The Morgan fingerprint density at radius 3 is 2.47 bits per heavy atom. The van der Waals surface area contributed by atoms with Crippen molar-refractivity contribution in [2.24, 2.45) is 0 Å². The van der Waals surface area contributed by atoms with Crippen molar-refractivity contribution in [1.82, 2.24) is 0 Å². The molecule has 0 aliphatic heterocycles. The van der Waals surface area contributed by atoms with Crippen LogP contribution >= 0.6 is 11.6 Å². The molecule has 17 heavy (non-hydrogen) atoms. The molecule has 0 fully saturated rings. The minimum atomic E-state index is -0.994. The summed E-state index contributed by atoms with van der Waals surface area (Å²) >= 11 is 5.91. The van der Waals surface area contributed by atoms with Gasteiger partial charge in [0.1, 0.15) is 0 Å². The fourth-order valence-electron chi connectivity index (χ4n) is 1.36. The van der Waals surface area contributed by atoms with Crippen molar-refractivity contribution in [2.75, 3.05) is 14.2 Å². The zero-order chi connectivity index (χ0) is 13.0. The van der Waals surface area contributed by atoms with Gasteiger partial charge in [0.25, 0.3) is 0 Å². The molecule has 0 saturated heterocycles. The van der Waals surface area contributed by atoms with Crippen LogP contribution in [0.25, 0.3) is 6.08 Å². The average Bonchev–Trinajstić information content (AvgIpc) is 2.27. The van der Waals surface area contributed by atoms with Crippen LogP contribution < -0.4 is 9.47 Å². The number of hydrogen-bond acceptors (Lipinski definition) is 3. The summed E-state index contributed by atoms with van der Waals surface area (Å²) < 4.78 is 10.3. The van der Waals surface area contributed by atoms with Gasteiger partial charge >= 0.3 is 5.97 Å². The Hall–Kier alpha value is -1.68. The number of benzene rings is 1. The molecule has 1 N–H and O–H groups in total. The third kappa shape index (κ3) is 3.14. The zero-order valence-electron chi connectivity index (χ0n) is 9.78. The Morgan fingerprint density at radius 2 is 2.00 bits per heavy atom. The molecule has 0 unspecified atom stereocenters. The average molecular weight is 257 g/mol. The van der Waals surface area contributed by atoms with E-state index >= 15 is 0 Å². The summed E-state index contributed by atoms with van der Waals surface area (Å²) in [6, 6.07) is 3.23. The third-order valence-corrected chi connectivity index (χ3v) is 2.40. The molecule has 0 aliphatic rings. The molecule has 0 amide bonds. The Labute approximate surface area is 104 Å². The van der Waals surface area contributed by atoms with Crippen molar-refractivity contribution in [1.29, 1.82) is 0 Å². The maximum atomic E-state index is 10.8. The van der Waals surface area contributed by atoms with Crippen LogP contribution in [0.5, 0.6) is 11.5 Å². The van der Waals surface area contributed by atoms with Gasteiger partial charge in [0.15, 0.2) is 11.5 Å². The van der Waals surface area contributed by atoms with Crippen LogP contribution in [0, 0.1) is 0 Å². The van der Waals surface area contributed by atoms with Crippen LogP contribution in [-0.2, 0) is 4.79 Å². The van der Waals surface area contributed by atoms with E-state index in [9.17, 15) is 4.79 Å². The van der Waals surface area contributed by atoms with E-state index in [1.54, 1.807) is 12.1 Å². The molecule has 0 spiro atoms. The lowest BCUT2D eigenvalue weighted by atomic mass is 10.1. The highest BCUT2D eigenvalue weighted by Gasteiger charge is 2.11. The van der Waals surface area contributed by atoms with Crippen molar-refractivity contribution >= 4 is 23.6 Å². The summed E-state index contributed by atoms with van der Waals surface area (Å²) in [6.07, 6.45) is 1.48. The molecule has 4 nitrogen and oxygen atoms in total. The van der Waals surface area contributed by atoms with E-state index in [4.69, 9.17) is 26.2 Å². The summed E-state index contributed by atoms with van der Waals surface area (Å²) in [5.41, 5.74) is 0.754. The van der Waals surface area contributed by atoms with Crippen molar-refractivity contribution in [3.63, 3.8) is 0 Å². The number of hydrogen-bond donors (Lipinski definition) is 1. The molecule has 0 bridgehead atoms. The fraction of sp³-hybridized carbons (Fsp3) is 0.250. The van der Waals surface area contributed by atoms with Crippen LogP contribution in [0.4, 0.5) is 0 Å². The van der Waals surface area contributed by atoms with Crippen LogP contribution in [0.15, 0.2) is 17.7 Å². The lowest BCUT2D eigenvalue weighted by Gasteiger charge is -2.11. The number of carboxylic acid groups (broad SMARTS) is 1. The monoisotopic (exact) mass is 256 g/mol. The predicted octanol–water partition coefficient (Wildman–Crippen LogP) is 2.85. The molecule has 92 valence electrons. The van der Waals surface area contributed by atoms with Gasteiger partial charge in [-0.2, -0.15) is 0 Å². The maximum absolute atomic E-state index is 10.8. The first-order chi connectivity index (χ1) is 7.99. The van der Waals surface area contributed by atoms with Crippen molar-refractivity contribution in [3.05, 3.63) is 28.3 Å². The summed E-state index contributed by atoms with van der Waals surface area (Å²) in [5.74, 6) is -0.0760. The van der Waals surface area contributed by atoms with E-state index in [0.717, 1.165) is 0 Å². The van der Waals surface area contributed by atoms with E-state index in [2.05, 4.69) is 0 Å². The molecule has 0 aromatic heterocycles. The number of carbonyl (C=O) groups is 1. The topological polar surface area (TPSA) is 55.8 Å². The van der Waals surface area contributed by atoms with E-state index in [1.807, 2.05) is 0 Å².